The van der Waals surface area contributed by atoms with Crippen LogP contribution in [0.15, 0.2) is 30.3 Å². The first-order valence-electron chi connectivity index (χ1n) is 9.85. The number of aryl methyl sites for hydroxylation is 1. The summed E-state index contributed by atoms with van der Waals surface area (Å²) < 4.78 is 0. The number of piperidine rings is 1. The molecule has 27 heavy (non-hydrogen) atoms. The van der Waals surface area contributed by atoms with E-state index >= 15 is 0 Å². The molecule has 0 radical (unpaired) electrons. The number of benzene rings is 1. The van der Waals surface area contributed by atoms with Gasteiger partial charge in [0.1, 0.15) is 5.82 Å². The number of amides is 1. The fraction of sp³-hybridized carbons (Fsp3) is 0.476. The molecule has 1 aliphatic carbocycles. The van der Waals surface area contributed by atoms with Crippen LogP contribution in [0.3, 0.4) is 0 Å². The van der Waals surface area contributed by atoms with Crippen molar-refractivity contribution in [1.82, 2.24) is 15.3 Å². The molecule has 4 rings (SSSR count). The van der Waals surface area contributed by atoms with Gasteiger partial charge in [0.15, 0.2) is 5.82 Å². The zero-order chi connectivity index (χ0) is 18.6. The highest BCUT2D eigenvalue weighted by molar-refractivity contribution is 5.79. The number of anilines is 1. The number of nitrogens with zero attached hydrogens (tertiary/aromatic N) is 3. The number of aliphatic hydroxyl groups excluding tert-OH is 1. The maximum Gasteiger partial charge on any atom is 0.224 e. The van der Waals surface area contributed by atoms with E-state index in [1.807, 2.05) is 30.3 Å². The van der Waals surface area contributed by atoms with Crippen molar-refractivity contribution in [2.75, 3.05) is 31.1 Å². The second-order valence-electron chi connectivity index (χ2n) is 7.32. The lowest BCUT2D eigenvalue weighted by atomic mass is 9.96. The second kappa shape index (κ2) is 8.05. The molecule has 1 unspecified atom stereocenters. The van der Waals surface area contributed by atoms with Gasteiger partial charge in [0.25, 0.3) is 0 Å². The van der Waals surface area contributed by atoms with Crippen molar-refractivity contribution in [3.05, 3.63) is 41.6 Å². The summed E-state index contributed by atoms with van der Waals surface area (Å²) in [5, 5.41) is 11.8. The van der Waals surface area contributed by atoms with E-state index in [0.717, 1.165) is 61.5 Å². The van der Waals surface area contributed by atoms with E-state index in [1.54, 1.807) is 0 Å². The van der Waals surface area contributed by atoms with Gasteiger partial charge in [-0.05, 0) is 32.1 Å². The van der Waals surface area contributed by atoms with Gasteiger partial charge in [-0.2, -0.15) is 0 Å². The molecule has 1 aromatic carbocycles. The van der Waals surface area contributed by atoms with Crippen molar-refractivity contribution in [3.63, 3.8) is 0 Å². The van der Waals surface area contributed by atoms with Crippen molar-refractivity contribution >= 4 is 11.7 Å². The number of fused-ring (bicyclic) bond motifs is 1. The molecule has 1 aromatic heterocycles. The summed E-state index contributed by atoms with van der Waals surface area (Å²) >= 11 is 0. The Labute approximate surface area is 159 Å². The van der Waals surface area contributed by atoms with Crippen LogP contribution in [0.2, 0.25) is 0 Å². The summed E-state index contributed by atoms with van der Waals surface area (Å²) in [5.74, 6) is 1.76. The lowest BCUT2D eigenvalue weighted by Crippen LogP contribution is -2.44. The number of aromatic nitrogens is 2. The molecule has 1 amide bonds. The van der Waals surface area contributed by atoms with Crippen molar-refractivity contribution in [1.29, 1.82) is 0 Å². The minimum absolute atomic E-state index is 0.0258. The Morgan fingerprint density at radius 2 is 2.04 bits per heavy atom. The van der Waals surface area contributed by atoms with Crippen molar-refractivity contribution in [2.24, 2.45) is 5.92 Å². The molecule has 0 spiro atoms. The third-order valence-electron chi connectivity index (χ3n) is 5.45. The van der Waals surface area contributed by atoms with Crippen molar-refractivity contribution in [3.8, 4) is 11.4 Å². The van der Waals surface area contributed by atoms with Gasteiger partial charge in [-0.1, -0.05) is 30.3 Å². The van der Waals surface area contributed by atoms with E-state index in [4.69, 9.17) is 15.1 Å². The van der Waals surface area contributed by atoms with Crippen LogP contribution in [0.4, 0.5) is 5.82 Å². The molecular weight excluding hydrogens is 340 g/mol. The van der Waals surface area contributed by atoms with Crippen LogP contribution >= 0.6 is 0 Å². The molecule has 6 heteroatoms. The first kappa shape index (κ1) is 17.9. The van der Waals surface area contributed by atoms with E-state index in [9.17, 15) is 4.79 Å². The zero-order valence-electron chi connectivity index (χ0n) is 15.5. The summed E-state index contributed by atoms with van der Waals surface area (Å²) in [6.45, 7) is 1.88. The molecule has 2 aliphatic rings. The molecule has 1 fully saturated rings. The summed E-state index contributed by atoms with van der Waals surface area (Å²) in [6.07, 6.45) is 4.98. The van der Waals surface area contributed by atoms with Crippen LogP contribution in [0.25, 0.3) is 11.4 Å². The van der Waals surface area contributed by atoms with Gasteiger partial charge >= 0.3 is 0 Å². The summed E-state index contributed by atoms with van der Waals surface area (Å²) in [6, 6.07) is 10.1. The Balaban J connectivity index is 1.62. The highest BCUT2D eigenvalue weighted by atomic mass is 16.3. The maximum absolute atomic E-state index is 12.4. The zero-order valence-corrected chi connectivity index (χ0v) is 15.5. The molecule has 1 saturated heterocycles. The lowest BCUT2D eigenvalue weighted by Gasteiger charge is -2.34. The molecule has 142 valence electrons. The topological polar surface area (TPSA) is 78.4 Å². The average molecular weight is 366 g/mol. The van der Waals surface area contributed by atoms with Crippen LogP contribution < -0.4 is 10.2 Å². The third kappa shape index (κ3) is 3.81. The van der Waals surface area contributed by atoms with Gasteiger partial charge in [-0.25, -0.2) is 9.97 Å². The van der Waals surface area contributed by atoms with E-state index in [1.165, 1.54) is 5.56 Å². The molecule has 0 bridgehead atoms. The third-order valence-corrected chi connectivity index (χ3v) is 5.45. The SMILES string of the molecule is O=C(NCCO)C1CCCN(c2nc(-c3ccccc3)nc3c2CCC3)C1. The van der Waals surface area contributed by atoms with Gasteiger partial charge in [-0.3, -0.25) is 4.79 Å². The van der Waals surface area contributed by atoms with E-state index < -0.39 is 0 Å². The number of hydrogen-bond donors (Lipinski definition) is 2. The average Bonchev–Trinajstić information content (AvgIpc) is 3.20. The molecule has 1 atom stereocenters. The van der Waals surface area contributed by atoms with Crippen LogP contribution in [-0.2, 0) is 17.6 Å². The Morgan fingerprint density at radius 3 is 2.85 bits per heavy atom. The number of carbonyl (C=O) groups excluding carboxylic acids is 1. The Bertz CT molecular complexity index is 809. The summed E-state index contributed by atoms with van der Waals surface area (Å²) in [4.78, 5) is 24.4. The fourth-order valence-corrected chi connectivity index (χ4v) is 4.10. The normalized spacial score (nSPS) is 19.0. The molecule has 2 N–H and O–H groups in total. The minimum atomic E-state index is -0.0579. The molecule has 1 aliphatic heterocycles. The molecule has 0 saturated carbocycles. The Kier molecular flexibility index (Phi) is 5.34. The lowest BCUT2D eigenvalue weighted by molar-refractivity contribution is -0.125. The summed E-state index contributed by atoms with van der Waals surface area (Å²) in [7, 11) is 0. The van der Waals surface area contributed by atoms with Crippen molar-refractivity contribution in [2.45, 2.75) is 32.1 Å². The van der Waals surface area contributed by atoms with Crippen LogP contribution in [0, 0.1) is 5.92 Å². The molecular formula is C21H26N4O2. The quantitative estimate of drug-likeness (QED) is 0.846. The fourth-order valence-electron chi connectivity index (χ4n) is 4.10. The standard InChI is InChI=1S/C21H26N4O2/c26-13-11-22-21(27)16-8-5-12-25(14-16)20-17-9-4-10-18(17)23-19(24-20)15-6-2-1-3-7-15/h1-3,6-7,16,26H,4-5,8-14H2,(H,22,27). The number of hydrogen-bond acceptors (Lipinski definition) is 5. The Morgan fingerprint density at radius 1 is 1.19 bits per heavy atom. The highest BCUT2D eigenvalue weighted by Gasteiger charge is 2.30. The molecule has 2 heterocycles. The predicted octanol–water partition coefficient (Wildman–Crippen LogP) is 1.96. The van der Waals surface area contributed by atoms with Crippen molar-refractivity contribution < 1.29 is 9.90 Å². The smallest absolute Gasteiger partial charge is 0.224 e. The highest BCUT2D eigenvalue weighted by Crippen LogP contribution is 2.33. The summed E-state index contributed by atoms with van der Waals surface area (Å²) in [5.41, 5.74) is 3.44. The number of carbonyl (C=O) groups is 1. The van der Waals surface area contributed by atoms with Crippen LogP contribution in [0.1, 0.15) is 30.5 Å². The van der Waals surface area contributed by atoms with Crippen LogP contribution in [0.5, 0.6) is 0 Å². The van der Waals surface area contributed by atoms with E-state index in [2.05, 4.69) is 10.2 Å². The first-order chi connectivity index (χ1) is 13.3. The molecule has 6 nitrogen and oxygen atoms in total. The van der Waals surface area contributed by atoms with Gasteiger partial charge in [0.05, 0.1) is 12.5 Å². The molecule has 2 aromatic rings. The van der Waals surface area contributed by atoms with Gasteiger partial charge in [-0.15, -0.1) is 0 Å². The number of rotatable bonds is 5. The van der Waals surface area contributed by atoms with Crippen LogP contribution in [-0.4, -0.2) is 47.2 Å². The number of nitrogens with one attached hydrogen (secondary N) is 1. The Hall–Kier alpha value is -2.47. The monoisotopic (exact) mass is 366 g/mol. The van der Waals surface area contributed by atoms with E-state index in [0.29, 0.717) is 13.1 Å². The second-order valence-corrected chi connectivity index (χ2v) is 7.32. The van der Waals surface area contributed by atoms with Gasteiger partial charge in [0.2, 0.25) is 5.91 Å². The number of aliphatic hydroxyl groups is 1. The predicted molar refractivity (Wildman–Crippen MR) is 105 cm³/mol. The van der Waals surface area contributed by atoms with Gasteiger partial charge < -0.3 is 15.3 Å². The first-order valence-corrected chi connectivity index (χ1v) is 9.85. The van der Waals surface area contributed by atoms with E-state index in [-0.39, 0.29) is 18.4 Å². The minimum Gasteiger partial charge on any atom is -0.395 e. The maximum atomic E-state index is 12.4. The largest absolute Gasteiger partial charge is 0.395 e. The van der Waals surface area contributed by atoms with Gasteiger partial charge in [0, 0.05) is 36.5 Å².